The molecule has 0 bridgehead atoms. The molecule has 0 aliphatic carbocycles. The number of hydrogen-bond donors (Lipinski definition) is 3. The van der Waals surface area contributed by atoms with E-state index in [1.54, 1.807) is 6.07 Å². The summed E-state index contributed by atoms with van der Waals surface area (Å²) >= 11 is 4.57. The first-order valence-corrected chi connectivity index (χ1v) is 9.15. The summed E-state index contributed by atoms with van der Waals surface area (Å²) in [6.07, 6.45) is 2.99. The molecule has 3 heterocycles. The van der Waals surface area contributed by atoms with Crippen molar-refractivity contribution in [3.63, 3.8) is 0 Å². The zero-order chi connectivity index (χ0) is 17.3. The number of aryl methyl sites for hydroxylation is 1. The minimum absolute atomic E-state index is 0.107. The Morgan fingerprint density at radius 3 is 2.71 bits per heavy atom. The third-order valence-corrected chi connectivity index (χ3v) is 5.87. The van der Waals surface area contributed by atoms with E-state index in [0.717, 1.165) is 41.2 Å². The van der Waals surface area contributed by atoms with E-state index in [0.29, 0.717) is 5.69 Å². The van der Waals surface area contributed by atoms with Gasteiger partial charge in [-0.3, -0.25) is 4.79 Å². The molecule has 0 aromatic carbocycles. The van der Waals surface area contributed by atoms with Gasteiger partial charge < -0.3 is 20.3 Å². The number of carboxylic acid groups (broad SMARTS) is 1. The van der Waals surface area contributed by atoms with Crippen LogP contribution in [0.3, 0.4) is 0 Å². The summed E-state index contributed by atoms with van der Waals surface area (Å²) in [6.45, 7) is 3.38. The normalized spacial score (nSPS) is 15.5. The summed E-state index contributed by atoms with van der Waals surface area (Å²) in [5, 5.41) is 12.7. The van der Waals surface area contributed by atoms with Crippen molar-refractivity contribution in [3.8, 4) is 0 Å². The lowest BCUT2D eigenvalue weighted by atomic mass is 10.1. The smallest absolute Gasteiger partial charge is 0.347 e. The molecular weight excluding hydrogens is 396 g/mol. The number of aromatic carboxylic acids is 1. The Morgan fingerprint density at radius 2 is 2.17 bits per heavy atom. The van der Waals surface area contributed by atoms with Gasteiger partial charge in [-0.05, 0) is 41.8 Å². The largest absolute Gasteiger partial charge is 0.477 e. The summed E-state index contributed by atoms with van der Waals surface area (Å²) in [6, 6.07) is 1.89. The molecule has 1 amide bonds. The first-order valence-electron chi connectivity index (χ1n) is 7.54. The number of rotatable bonds is 4. The average molecular weight is 413 g/mol. The fourth-order valence-corrected chi connectivity index (χ4v) is 3.78. The molecule has 3 N–H and O–H groups in total. The van der Waals surface area contributed by atoms with Crippen molar-refractivity contribution in [1.82, 2.24) is 15.3 Å². The molecule has 0 radical (unpaired) electrons. The molecule has 9 heteroatoms. The lowest BCUT2D eigenvalue weighted by Crippen LogP contribution is -2.44. The van der Waals surface area contributed by atoms with Crippen molar-refractivity contribution in [2.75, 3.05) is 18.0 Å². The number of anilines is 1. The number of nitrogens with zero attached hydrogens (tertiary/aromatic N) is 2. The number of carbonyl (C=O) groups excluding carboxylic acids is 1. The highest BCUT2D eigenvalue weighted by Gasteiger charge is 2.24. The van der Waals surface area contributed by atoms with E-state index in [4.69, 9.17) is 5.11 Å². The Morgan fingerprint density at radius 1 is 1.46 bits per heavy atom. The van der Waals surface area contributed by atoms with Crippen LogP contribution in [0.5, 0.6) is 0 Å². The fraction of sp³-hybridized carbons (Fsp3) is 0.400. The lowest BCUT2D eigenvalue weighted by Gasteiger charge is -2.32. The number of nitrogens with one attached hydrogen (secondary N) is 2. The molecule has 0 atom stereocenters. The second-order valence-electron chi connectivity index (χ2n) is 5.70. The van der Waals surface area contributed by atoms with Gasteiger partial charge in [-0.25, -0.2) is 9.78 Å². The molecule has 24 heavy (non-hydrogen) atoms. The van der Waals surface area contributed by atoms with Crippen molar-refractivity contribution in [3.05, 3.63) is 33.0 Å². The molecule has 1 saturated heterocycles. The van der Waals surface area contributed by atoms with E-state index in [2.05, 4.69) is 36.1 Å². The zero-order valence-corrected chi connectivity index (χ0v) is 15.4. The number of aromatic nitrogens is 2. The molecule has 0 unspecified atom stereocenters. The second kappa shape index (κ2) is 6.94. The van der Waals surface area contributed by atoms with Gasteiger partial charge in [0, 0.05) is 29.3 Å². The Balaban J connectivity index is 1.54. The van der Waals surface area contributed by atoms with Gasteiger partial charge in [-0.1, -0.05) is 11.3 Å². The van der Waals surface area contributed by atoms with Crippen LogP contribution in [0.15, 0.2) is 16.7 Å². The van der Waals surface area contributed by atoms with Crippen molar-refractivity contribution in [1.29, 1.82) is 0 Å². The maximum absolute atomic E-state index is 12.3. The zero-order valence-electron chi connectivity index (χ0n) is 13.0. The first-order chi connectivity index (χ1) is 11.4. The predicted molar refractivity (Wildman–Crippen MR) is 95.0 cm³/mol. The molecule has 128 valence electrons. The molecule has 2 aromatic rings. The molecule has 0 spiro atoms. The number of aromatic amines is 1. The highest BCUT2D eigenvalue weighted by molar-refractivity contribution is 9.10. The van der Waals surface area contributed by atoms with E-state index < -0.39 is 5.97 Å². The lowest BCUT2D eigenvalue weighted by molar-refractivity contribution is 0.0701. The summed E-state index contributed by atoms with van der Waals surface area (Å²) < 4.78 is 0.889. The monoisotopic (exact) mass is 412 g/mol. The van der Waals surface area contributed by atoms with Crippen molar-refractivity contribution < 1.29 is 14.7 Å². The maximum atomic E-state index is 12.3. The standard InChI is InChI=1S/C15H17BrN4O3S/c1-8-10(16)6-11(18-8)13(21)19-9-2-4-20(5-3-9)15-17-7-12(24-15)14(22)23/h6-7,9,18H,2-5H2,1H3,(H,19,21)(H,22,23). The number of halogens is 1. The van der Waals surface area contributed by atoms with Gasteiger partial charge in [0.2, 0.25) is 0 Å². The van der Waals surface area contributed by atoms with Crippen LogP contribution >= 0.6 is 27.3 Å². The van der Waals surface area contributed by atoms with Crippen molar-refractivity contribution >= 4 is 44.3 Å². The molecule has 1 aliphatic heterocycles. The molecule has 7 nitrogen and oxygen atoms in total. The Kier molecular flexibility index (Phi) is 4.91. The third kappa shape index (κ3) is 3.62. The highest BCUT2D eigenvalue weighted by Crippen LogP contribution is 2.25. The Hall–Kier alpha value is -1.87. The summed E-state index contributed by atoms with van der Waals surface area (Å²) in [4.78, 5) is 32.7. The minimum Gasteiger partial charge on any atom is -0.477 e. The van der Waals surface area contributed by atoms with Crippen LogP contribution in [0.4, 0.5) is 5.13 Å². The summed E-state index contributed by atoms with van der Waals surface area (Å²) in [5.74, 6) is -1.06. The van der Waals surface area contributed by atoms with Crippen molar-refractivity contribution in [2.45, 2.75) is 25.8 Å². The van der Waals surface area contributed by atoms with E-state index in [9.17, 15) is 9.59 Å². The highest BCUT2D eigenvalue weighted by atomic mass is 79.9. The van der Waals surface area contributed by atoms with Gasteiger partial charge in [0.05, 0.1) is 6.20 Å². The van der Waals surface area contributed by atoms with Gasteiger partial charge in [0.25, 0.3) is 5.91 Å². The van der Waals surface area contributed by atoms with Gasteiger partial charge >= 0.3 is 5.97 Å². The third-order valence-electron chi connectivity index (χ3n) is 4.00. The Labute approximate surface area is 151 Å². The van der Waals surface area contributed by atoms with Crippen LogP contribution < -0.4 is 10.2 Å². The molecule has 3 rings (SSSR count). The van der Waals surface area contributed by atoms with Crippen LogP contribution in [0.25, 0.3) is 0 Å². The molecule has 1 aliphatic rings. The van der Waals surface area contributed by atoms with Crippen LogP contribution in [-0.2, 0) is 0 Å². The number of hydrogen-bond acceptors (Lipinski definition) is 5. The van der Waals surface area contributed by atoms with E-state index in [-0.39, 0.29) is 16.8 Å². The Bertz CT molecular complexity index is 745. The first kappa shape index (κ1) is 17.0. The molecule has 2 aromatic heterocycles. The fourth-order valence-electron chi connectivity index (χ4n) is 2.64. The maximum Gasteiger partial charge on any atom is 0.347 e. The van der Waals surface area contributed by atoms with Gasteiger partial charge in [-0.15, -0.1) is 0 Å². The number of piperidine rings is 1. The predicted octanol–water partition coefficient (Wildman–Crippen LogP) is 2.64. The number of H-pyrrole nitrogens is 1. The molecule has 0 saturated carbocycles. The SMILES string of the molecule is Cc1[nH]c(C(=O)NC2CCN(c3ncc(C(=O)O)s3)CC2)cc1Br. The van der Waals surface area contributed by atoms with Gasteiger partial charge in [0.1, 0.15) is 10.6 Å². The van der Waals surface area contributed by atoms with Crippen molar-refractivity contribution in [2.24, 2.45) is 0 Å². The molecular formula is C15H17BrN4O3S. The van der Waals surface area contributed by atoms with E-state index in [1.807, 2.05) is 6.92 Å². The van der Waals surface area contributed by atoms with Crippen LogP contribution in [0, 0.1) is 6.92 Å². The number of carbonyl (C=O) groups is 2. The van der Waals surface area contributed by atoms with Crippen LogP contribution in [0.1, 0.15) is 38.7 Å². The van der Waals surface area contributed by atoms with E-state index in [1.165, 1.54) is 17.5 Å². The second-order valence-corrected chi connectivity index (χ2v) is 7.57. The number of thiazole rings is 1. The summed E-state index contributed by atoms with van der Waals surface area (Å²) in [5.41, 5.74) is 1.47. The molecule has 1 fully saturated rings. The van der Waals surface area contributed by atoms with Gasteiger partial charge in [-0.2, -0.15) is 0 Å². The topological polar surface area (TPSA) is 98.3 Å². The van der Waals surface area contributed by atoms with Crippen LogP contribution in [-0.4, -0.2) is 46.1 Å². The number of amides is 1. The summed E-state index contributed by atoms with van der Waals surface area (Å²) in [7, 11) is 0. The number of carboxylic acids is 1. The minimum atomic E-state index is -0.951. The van der Waals surface area contributed by atoms with Crippen LogP contribution in [0.2, 0.25) is 0 Å². The van der Waals surface area contributed by atoms with E-state index >= 15 is 0 Å². The van der Waals surface area contributed by atoms with Gasteiger partial charge in [0.15, 0.2) is 5.13 Å². The average Bonchev–Trinajstić information content (AvgIpc) is 3.16. The quantitative estimate of drug-likeness (QED) is 0.716.